The Morgan fingerprint density at radius 2 is 1.27 bits per heavy atom. The number of H-pyrrole nitrogens is 2. The van der Waals surface area contributed by atoms with Crippen molar-refractivity contribution in [2.24, 2.45) is 0 Å². The molecule has 2 heterocycles. The van der Waals surface area contributed by atoms with Crippen molar-refractivity contribution in [3.8, 4) is 11.5 Å². The number of halogens is 1. The van der Waals surface area contributed by atoms with Crippen molar-refractivity contribution in [2.75, 3.05) is 0 Å². The maximum atomic E-state index is 12.6. The van der Waals surface area contributed by atoms with Crippen molar-refractivity contribution < 1.29 is 10.2 Å². The van der Waals surface area contributed by atoms with Crippen LogP contribution >= 0.6 is 15.9 Å². The Bertz CT molecular complexity index is 1020. The number of rotatable bonds is 3. The van der Waals surface area contributed by atoms with Crippen molar-refractivity contribution in [1.82, 2.24) is 9.97 Å². The minimum absolute atomic E-state index is 0.00238. The molecule has 0 saturated heterocycles. The van der Waals surface area contributed by atoms with Crippen molar-refractivity contribution in [1.29, 1.82) is 0 Å². The molecule has 1 aromatic carbocycles. The van der Waals surface area contributed by atoms with E-state index in [1.165, 1.54) is 12.1 Å². The van der Waals surface area contributed by atoms with E-state index in [0.717, 1.165) is 4.47 Å². The fourth-order valence-electron chi connectivity index (χ4n) is 3.05. The number of aromatic amines is 2. The Hall–Kier alpha value is -2.80. The van der Waals surface area contributed by atoms with E-state index in [-0.39, 0.29) is 22.6 Å². The van der Waals surface area contributed by atoms with Crippen LogP contribution in [0.1, 0.15) is 34.0 Å². The monoisotopic (exact) mass is 416 g/mol. The first-order valence-electron chi connectivity index (χ1n) is 7.89. The molecule has 7 heteroatoms. The number of nitrogens with one attached hydrogen (secondary N) is 2. The number of aryl methyl sites for hydroxylation is 2. The predicted octanol–water partition coefficient (Wildman–Crippen LogP) is 3.03. The Morgan fingerprint density at radius 3 is 1.65 bits per heavy atom. The van der Waals surface area contributed by atoms with E-state index in [1.807, 2.05) is 0 Å². The van der Waals surface area contributed by atoms with Gasteiger partial charge in [-0.2, -0.15) is 0 Å². The van der Waals surface area contributed by atoms with Crippen LogP contribution in [0.5, 0.6) is 11.5 Å². The van der Waals surface area contributed by atoms with Gasteiger partial charge in [0, 0.05) is 15.9 Å². The van der Waals surface area contributed by atoms with E-state index in [2.05, 4.69) is 25.9 Å². The van der Waals surface area contributed by atoms with E-state index in [1.54, 1.807) is 38.1 Å². The molecule has 3 aromatic rings. The smallest absolute Gasteiger partial charge is 0.256 e. The van der Waals surface area contributed by atoms with Gasteiger partial charge in [-0.15, -0.1) is 0 Å². The van der Waals surface area contributed by atoms with Gasteiger partial charge in [-0.3, -0.25) is 9.59 Å². The summed E-state index contributed by atoms with van der Waals surface area (Å²) in [5.74, 6) is -1.41. The molecule has 0 amide bonds. The highest BCUT2D eigenvalue weighted by Gasteiger charge is 2.28. The molecule has 0 fully saturated rings. The normalized spacial score (nSPS) is 11.1. The first-order valence-corrected chi connectivity index (χ1v) is 8.68. The Labute approximate surface area is 157 Å². The summed E-state index contributed by atoms with van der Waals surface area (Å²) in [6.45, 7) is 3.30. The second-order valence-electron chi connectivity index (χ2n) is 6.15. The van der Waals surface area contributed by atoms with Gasteiger partial charge >= 0.3 is 0 Å². The molecule has 0 aliphatic rings. The predicted molar refractivity (Wildman–Crippen MR) is 102 cm³/mol. The third kappa shape index (κ3) is 3.30. The average Bonchev–Trinajstić information content (AvgIpc) is 2.52. The number of hydrogen-bond donors (Lipinski definition) is 4. The lowest BCUT2D eigenvalue weighted by atomic mass is 9.85. The molecule has 4 N–H and O–H groups in total. The summed E-state index contributed by atoms with van der Waals surface area (Å²) < 4.78 is 0.823. The zero-order chi connectivity index (χ0) is 19.0. The topological polar surface area (TPSA) is 106 Å². The van der Waals surface area contributed by atoms with Gasteiger partial charge in [-0.25, -0.2) is 0 Å². The number of pyridine rings is 2. The highest BCUT2D eigenvalue weighted by Crippen LogP contribution is 2.37. The fraction of sp³-hybridized carbons (Fsp3) is 0.158. The highest BCUT2D eigenvalue weighted by molar-refractivity contribution is 9.10. The van der Waals surface area contributed by atoms with E-state index in [4.69, 9.17) is 0 Å². The summed E-state index contributed by atoms with van der Waals surface area (Å²) in [5, 5.41) is 20.9. The van der Waals surface area contributed by atoms with Gasteiger partial charge in [0.25, 0.3) is 11.1 Å². The second kappa shape index (κ2) is 6.84. The van der Waals surface area contributed by atoms with Crippen LogP contribution in [0.15, 0.2) is 50.5 Å². The molecule has 0 saturated carbocycles. The molecule has 134 valence electrons. The number of benzene rings is 1. The first kappa shape index (κ1) is 18.0. The van der Waals surface area contributed by atoms with Crippen LogP contribution in [0, 0.1) is 13.8 Å². The molecular weight excluding hydrogens is 400 g/mol. The van der Waals surface area contributed by atoms with Crippen LogP contribution in [0.2, 0.25) is 0 Å². The third-order valence-electron chi connectivity index (χ3n) is 4.15. The van der Waals surface area contributed by atoms with Crippen LogP contribution in [-0.2, 0) is 0 Å². The summed E-state index contributed by atoms with van der Waals surface area (Å²) in [7, 11) is 0. The zero-order valence-electron chi connectivity index (χ0n) is 14.1. The van der Waals surface area contributed by atoms with Crippen molar-refractivity contribution in [2.45, 2.75) is 19.8 Å². The molecule has 0 bridgehead atoms. The summed E-state index contributed by atoms with van der Waals surface area (Å²) in [6.07, 6.45) is 0. The number of hydrogen-bond acceptors (Lipinski definition) is 4. The molecule has 0 spiro atoms. The van der Waals surface area contributed by atoms with Gasteiger partial charge in [-0.05, 0) is 43.7 Å². The van der Waals surface area contributed by atoms with Gasteiger partial charge in [0.1, 0.15) is 11.5 Å². The van der Waals surface area contributed by atoms with E-state index >= 15 is 0 Å². The first-order chi connectivity index (χ1) is 12.3. The molecular formula is C19H17BrN2O4. The molecule has 2 aromatic heterocycles. The van der Waals surface area contributed by atoms with Crippen molar-refractivity contribution in [3.05, 3.63) is 89.7 Å². The van der Waals surface area contributed by atoms with Crippen LogP contribution in [-0.4, -0.2) is 20.2 Å². The second-order valence-corrected chi connectivity index (χ2v) is 7.06. The van der Waals surface area contributed by atoms with Gasteiger partial charge < -0.3 is 20.2 Å². The summed E-state index contributed by atoms with van der Waals surface area (Å²) in [4.78, 5) is 30.5. The minimum Gasteiger partial charge on any atom is -0.507 e. The van der Waals surface area contributed by atoms with Crippen molar-refractivity contribution >= 4 is 15.9 Å². The lowest BCUT2D eigenvalue weighted by Crippen LogP contribution is -2.24. The third-order valence-corrected chi connectivity index (χ3v) is 4.68. The molecule has 0 aliphatic heterocycles. The fourth-order valence-corrected chi connectivity index (χ4v) is 3.32. The quantitative estimate of drug-likeness (QED) is 0.526. The molecule has 0 radical (unpaired) electrons. The van der Waals surface area contributed by atoms with Crippen LogP contribution < -0.4 is 11.1 Å². The van der Waals surface area contributed by atoms with Gasteiger partial charge in [0.15, 0.2) is 0 Å². The minimum atomic E-state index is -0.934. The van der Waals surface area contributed by atoms with Crippen molar-refractivity contribution in [3.63, 3.8) is 0 Å². The van der Waals surface area contributed by atoms with Gasteiger partial charge in [-0.1, -0.05) is 28.1 Å². The molecule has 3 rings (SSSR count). The Balaban J connectivity index is 2.38. The Morgan fingerprint density at radius 1 is 0.846 bits per heavy atom. The molecule has 0 atom stereocenters. The number of aromatic hydroxyl groups is 2. The SMILES string of the molecule is Cc1cc(O)c(C(c2ccc(Br)cc2)c2c(O)cc(C)[nH]c2=O)c(=O)[nH]1. The average molecular weight is 417 g/mol. The highest BCUT2D eigenvalue weighted by atomic mass is 79.9. The lowest BCUT2D eigenvalue weighted by molar-refractivity contribution is 0.454. The van der Waals surface area contributed by atoms with E-state index < -0.39 is 17.0 Å². The summed E-state index contributed by atoms with van der Waals surface area (Å²) >= 11 is 3.35. The van der Waals surface area contributed by atoms with Crippen LogP contribution in [0.25, 0.3) is 0 Å². The Kier molecular flexibility index (Phi) is 4.73. The number of aromatic nitrogens is 2. The van der Waals surface area contributed by atoms with E-state index in [9.17, 15) is 19.8 Å². The largest absolute Gasteiger partial charge is 0.507 e. The van der Waals surface area contributed by atoms with Gasteiger partial charge in [0.05, 0.1) is 17.0 Å². The maximum absolute atomic E-state index is 12.6. The maximum Gasteiger partial charge on any atom is 0.256 e. The zero-order valence-corrected chi connectivity index (χ0v) is 15.7. The molecule has 26 heavy (non-hydrogen) atoms. The molecule has 6 nitrogen and oxygen atoms in total. The lowest BCUT2D eigenvalue weighted by Gasteiger charge is -2.19. The van der Waals surface area contributed by atoms with Crippen LogP contribution in [0.4, 0.5) is 0 Å². The molecule has 0 aliphatic carbocycles. The molecule has 0 unspecified atom stereocenters. The van der Waals surface area contributed by atoms with Crippen LogP contribution in [0.3, 0.4) is 0 Å². The van der Waals surface area contributed by atoms with Gasteiger partial charge in [0.2, 0.25) is 0 Å². The standard InChI is InChI=1S/C19H17BrN2O4/c1-9-7-13(23)16(18(25)21-9)15(11-3-5-12(20)6-4-11)17-14(24)8-10(2)22-19(17)26/h3-8,15H,1-2H3,(H2,21,23,25)(H2,22,24,26). The van der Waals surface area contributed by atoms with E-state index in [0.29, 0.717) is 17.0 Å². The summed E-state index contributed by atoms with van der Waals surface area (Å²) in [5.41, 5.74) is 0.540. The summed E-state index contributed by atoms with van der Waals surface area (Å²) in [6, 6.07) is 9.82.